The van der Waals surface area contributed by atoms with Crippen LogP contribution in [0.5, 0.6) is 0 Å². The van der Waals surface area contributed by atoms with Crippen LogP contribution in [0.2, 0.25) is 0 Å². The van der Waals surface area contributed by atoms with Crippen molar-refractivity contribution in [3.05, 3.63) is 0 Å². The molecule has 4 atom stereocenters. The minimum absolute atomic E-state index is 0.230. The number of rotatable bonds is 2. The molecule has 0 amide bonds. The smallest absolute Gasteiger partial charge is 0.160 e. The third-order valence-corrected chi connectivity index (χ3v) is 1.98. The highest BCUT2D eigenvalue weighted by atomic mass is 16.7. The van der Waals surface area contributed by atoms with Crippen LogP contribution in [-0.4, -0.2) is 53.6 Å². The average molecular weight is 178 g/mol. The summed E-state index contributed by atoms with van der Waals surface area (Å²) in [5, 5.41) is 27.3. The minimum Gasteiger partial charge on any atom is -0.394 e. The van der Waals surface area contributed by atoms with E-state index in [0.29, 0.717) is 0 Å². The van der Waals surface area contributed by atoms with Gasteiger partial charge in [0.25, 0.3) is 0 Å². The summed E-state index contributed by atoms with van der Waals surface area (Å²) in [6, 6.07) is 0. The van der Waals surface area contributed by atoms with Crippen molar-refractivity contribution in [1.82, 2.24) is 0 Å². The van der Waals surface area contributed by atoms with Crippen LogP contribution >= 0.6 is 0 Å². The van der Waals surface area contributed by atoms with E-state index in [-0.39, 0.29) is 13.0 Å². The van der Waals surface area contributed by atoms with Crippen molar-refractivity contribution >= 4 is 0 Å². The first-order valence-corrected chi connectivity index (χ1v) is 3.84. The third-order valence-electron chi connectivity index (χ3n) is 1.98. The molecule has 1 saturated heterocycles. The minimum atomic E-state index is -1.03. The Morgan fingerprint density at radius 1 is 1.50 bits per heavy atom. The molecule has 3 N–H and O–H groups in total. The van der Waals surface area contributed by atoms with Crippen molar-refractivity contribution in [2.75, 3.05) is 13.7 Å². The fourth-order valence-electron chi connectivity index (χ4n) is 1.22. The first kappa shape index (κ1) is 9.88. The van der Waals surface area contributed by atoms with Crippen molar-refractivity contribution < 1.29 is 24.8 Å². The van der Waals surface area contributed by atoms with Gasteiger partial charge in [-0.1, -0.05) is 0 Å². The van der Waals surface area contributed by atoms with Gasteiger partial charge in [0.2, 0.25) is 0 Å². The highest BCUT2D eigenvalue weighted by Gasteiger charge is 2.36. The lowest BCUT2D eigenvalue weighted by Crippen LogP contribution is -2.50. The molecule has 0 aromatic rings. The molecule has 0 bridgehead atoms. The highest BCUT2D eigenvalue weighted by Crippen LogP contribution is 2.20. The van der Waals surface area contributed by atoms with E-state index in [9.17, 15) is 10.2 Å². The van der Waals surface area contributed by atoms with E-state index < -0.39 is 24.6 Å². The Morgan fingerprint density at radius 3 is 2.67 bits per heavy atom. The number of methoxy groups -OCH3 is 1. The van der Waals surface area contributed by atoms with E-state index in [1.807, 2.05) is 0 Å². The molecule has 0 saturated carbocycles. The Morgan fingerprint density at radius 2 is 2.17 bits per heavy atom. The molecule has 0 unspecified atom stereocenters. The SMILES string of the molecule is CO[C@H]1C[C@@H](O)[C@@H](O)[C@@H](CO)O1. The number of hydrogen-bond acceptors (Lipinski definition) is 5. The van der Waals surface area contributed by atoms with Crippen LogP contribution in [-0.2, 0) is 9.47 Å². The van der Waals surface area contributed by atoms with Crippen LogP contribution in [0.25, 0.3) is 0 Å². The number of aliphatic hydroxyl groups excluding tert-OH is 3. The summed E-state index contributed by atoms with van der Waals surface area (Å²) < 4.78 is 9.92. The van der Waals surface area contributed by atoms with Crippen LogP contribution < -0.4 is 0 Å². The van der Waals surface area contributed by atoms with Gasteiger partial charge < -0.3 is 24.8 Å². The van der Waals surface area contributed by atoms with Gasteiger partial charge in [-0.25, -0.2) is 0 Å². The fourth-order valence-corrected chi connectivity index (χ4v) is 1.22. The normalized spacial score (nSPS) is 43.0. The summed E-state index contributed by atoms with van der Waals surface area (Å²) in [7, 11) is 1.45. The molecule has 1 fully saturated rings. The van der Waals surface area contributed by atoms with Crippen molar-refractivity contribution in [3.8, 4) is 0 Å². The van der Waals surface area contributed by atoms with Gasteiger partial charge in [0.1, 0.15) is 12.2 Å². The van der Waals surface area contributed by atoms with Crippen LogP contribution in [0.4, 0.5) is 0 Å². The summed E-state index contributed by atoms with van der Waals surface area (Å²) in [5.74, 6) is 0. The fraction of sp³-hybridized carbons (Fsp3) is 1.00. The first-order chi connectivity index (χ1) is 5.69. The monoisotopic (exact) mass is 178 g/mol. The number of ether oxygens (including phenoxy) is 2. The zero-order valence-corrected chi connectivity index (χ0v) is 6.88. The Balaban J connectivity index is 2.52. The molecule has 5 heteroatoms. The molecule has 0 spiro atoms. The van der Waals surface area contributed by atoms with E-state index >= 15 is 0 Å². The Hall–Kier alpha value is -0.200. The van der Waals surface area contributed by atoms with Crippen molar-refractivity contribution in [2.45, 2.75) is 31.0 Å². The maximum Gasteiger partial charge on any atom is 0.160 e. The highest BCUT2D eigenvalue weighted by molar-refractivity contribution is 4.81. The topological polar surface area (TPSA) is 79.2 Å². The van der Waals surface area contributed by atoms with E-state index in [0.717, 1.165) is 0 Å². The Bertz CT molecular complexity index is 140. The summed E-state index contributed by atoms with van der Waals surface area (Å²) in [4.78, 5) is 0. The molecule has 1 aliphatic heterocycles. The Kier molecular flexibility index (Phi) is 3.42. The van der Waals surface area contributed by atoms with Gasteiger partial charge >= 0.3 is 0 Å². The summed E-state index contributed by atoms with van der Waals surface area (Å²) in [6.07, 6.45) is -2.98. The van der Waals surface area contributed by atoms with Gasteiger partial charge in [-0.3, -0.25) is 0 Å². The molecule has 1 rings (SSSR count). The van der Waals surface area contributed by atoms with Crippen LogP contribution in [0, 0.1) is 0 Å². The van der Waals surface area contributed by atoms with E-state index in [1.165, 1.54) is 7.11 Å². The summed E-state index contributed by atoms with van der Waals surface area (Å²) in [5.41, 5.74) is 0. The lowest BCUT2D eigenvalue weighted by Gasteiger charge is -2.35. The van der Waals surface area contributed by atoms with Crippen LogP contribution in [0.1, 0.15) is 6.42 Å². The molecular formula is C7H14O5. The quantitative estimate of drug-likeness (QED) is 0.477. The zero-order chi connectivity index (χ0) is 9.14. The molecule has 12 heavy (non-hydrogen) atoms. The predicted octanol–water partition coefficient (Wildman–Crippen LogP) is -1.54. The molecule has 0 aliphatic carbocycles. The lowest BCUT2D eigenvalue weighted by molar-refractivity contribution is -0.248. The molecular weight excluding hydrogens is 164 g/mol. The van der Waals surface area contributed by atoms with Crippen molar-refractivity contribution in [2.24, 2.45) is 0 Å². The molecule has 0 radical (unpaired) electrons. The molecule has 1 aliphatic rings. The second kappa shape index (κ2) is 4.15. The molecule has 0 aromatic heterocycles. The first-order valence-electron chi connectivity index (χ1n) is 3.84. The molecule has 72 valence electrons. The van der Waals surface area contributed by atoms with E-state index in [4.69, 9.17) is 14.6 Å². The summed E-state index contributed by atoms with van der Waals surface area (Å²) >= 11 is 0. The number of aliphatic hydroxyl groups is 3. The maximum absolute atomic E-state index is 9.26. The van der Waals surface area contributed by atoms with Gasteiger partial charge in [-0.15, -0.1) is 0 Å². The molecule has 1 heterocycles. The maximum atomic E-state index is 9.26. The lowest BCUT2D eigenvalue weighted by atomic mass is 10.0. The van der Waals surface area contributed by atoms with Crippen LogP contribution in [0.15, 0.2) is 0 Å². The summed E-state index contributed by atoms with van der Waals surface area (Å²) in [6.45, 7) is -0.321. The van der Waals surface area contributed by atoms with Gasteiger partial charge in [0.15, 0.2) is 6.29 Å². The van der Waals surface area contributed by atoms with E-state index in [1.54, 1.807) is 0 Å². The largest absolute Gasteiger partial charge is 0.394 e. The van der Waals surface area contributed by atoms with E-state index in [2.05, 4.69) is 0 Å². The number of hydrogen-bond donors (Lipinski definition) is 3. The average Bonchev–Trinajstić information content (AvgIpc) is 2.09. The van der Waals surface area contributed by atoms with Gasteiger partial charge in [-0.05, 0) is 0 Å². The zero-order valence-electron chi connectivity index (χ0n) is 6.88. The van der Waals surface area contributed by atoms with Gasteiger partial charge in [0, 0.05) is 13.5 Å². The molecule has 5 nitrogen and oxygen atoms in total. The second-order valence-electron chi connectivity index (χ2n) is 2.82. The Labute approximate surface area is 70.5 Å². The predicted molar refractivity (Wildman–Crippen MR) is 39.4 cm³/mol. The van der Waals surface area contributed by atoms with Gasteiger partial charge in [-0.2, -0.15) is 0 Å². The standard InChI is InChI=1S/C7H14O5/c1-11-6-2-4(9)7(10)5(3-8)12-6/h4-10H,2-3H2,1H3/t4-,5-,6-,7-/m1/s1. The van der Waals surface area contributed by atoms with Crippen molar-refractivity contribution in [3.63, 3.8) is 0 Å². The second-order valence-corrected chi connectivity index (χ2v) is 2.82. The van der Waals surface area contributed by atoms with Crippen LogP contribution in [0.3, 0.4) is 0 Å². The molecule has 0 aromatic carbocycles. The van der Waals surface area contributed by atoms with Gasteiger partial charge in [0.05, 0.1) is 12.7 Å². The third kappa shape index (κ3) is 1.94. The van der Waals surface area contributed by atoms with Crippen molar-refractivity contribution in [1.29, 1.82) is 0 Å².